The third kappa shape index (κ3) is 1.09. The number of carboxylic acid groups (broad SMARTS) is 1. The first kappa shape index (κ1) is 8.81. The molecule has 0 spiro atoms. The molecule has 0 unspecified atom stereocenters. The fraction of sp³-hybridized carbons (Fsp3) is 0.182. The number of fused-ring (bicyclic) bond motifs is 1. The largest absolute Gasteiger partial charge is 0.478 e. The fourth-order valence-electron chi connectivity index (χ4n) is 1.72. The molecule has 3 nitrogen and oxygen atoms in total. The van der Waals surface area contributed by atoms with E-state index >= 15 is 0 Å². The van der Waals surface area contributed by atoms with Gasteiger partial charge in [-0.1, -0.05) is 12.1 Å². The minimum atomic E-state index is -0.878. The molecule has 0 radical (unpaired) electrons. The first-order valence-electron chi connectivity index (χ1n) is 4.39. The number of aromatic nitrogens is 1. The van der Waals surface area contributed by atoms with Crippen LogP contribution in [0.5, 0.6) is 0 Å². The van der Waals surface area contributed by atoms with Crippen LogP contribution in [0.25, 0.3) is 10.9 Å². The number of hydrogen-bond acceptors (Lipinski definition) is 1. The molecular weight excluding hydrogens is 178 g/mol. The Hall–Kier alpha value is -1.77. The third-order valence-corrected chi connectivity index (χ3v) is 2.53. The Morgan fingerprint density at radius 1 is 1.43 bits per heavy atom. The molecule has 2 rings (SSSR count). The average Bonchev–Trinajstić information content (AvgIpc) is 2.43. The second-order valence-electron chi connectivity index (χ2n) is 3.39. The van der Waals surface area contributed by atoms with Crippen molar-refractivity contribution >= 4 is 16.9 Å². The normalized spacial score (nSPS) is 10.7. The summed E-state index contributed by atoms with van der Waals surface area (Å²) in [5, 5.41) is 9.98. The van der Waals surface area contributed by atoms with Gasteiger partial charge in [-0.05, 0) is 19.1 Å². The summed E-state index contributed by atoms with van der Waals surface area (Å²) in [6.45, 7) is 1.96. The zero-order valence-corrected chi connectivity index (χ0v) is 8.11. The molecule has 1 aromatic carbocycles. The molecule has 72 valence electrons. The van der Waals surface area contributed by atoms with Gasteiger partial charge in [0.05, 0.1) is 11.1 Å². The summed E-state index contributed by atoms with van der Waals surface area (Å²) in [6, 6.07) is 7.31. The summed E-state index contributed by atoms with van der Waals surface area (Å²) in [6.07, 6.45) is 0. The third-order valence-electron chi connectivity index (χ3n) is 2.53. The Balaban J connectivity index is 2.91. The van der Waals surface area contributed by atoms with Crippen LogP contribution in [0.4, 0.5) is 0 Å². The Bertz CT molecular complexity index is 511. The van der Waals surface area contributed by atoms with Crippen molar-refractivity contribution in [3.63, 3.8) is 0 Å². The Labute approximate surface area is 81.6 Å². The quantitative estimate of drug-likeness (QED) is 0.747. The molecule has 0 aliphatic heterocycles. The van der Waals surface area contributed by atoms with Crippen LogP contribution in [0.15, 0.2) is 24.3 Å². The second-order valence-corrected chi connectivity index (χ2v) is 3.39. The highest BCUT2D eigenvalue weighted by atomic mass is 16.4. The van der Waals surface area contributed by atoms with E-state index in [0.29, 0.717) is 5.56 Å². The van der Waals surface area contributed by atoms with Crippen molar-refractivity contribution in [3.8, 4) is 0 Å². The van der Waals surface area contributed by atoms with Gasteiger partial charge in [0.1, 0.15) is 0 Å². The second kappa shape index (κ2) is 2.87. The standard InChI is InChI=1S/C11H11NO2/c1-7-6-8-4-3-5-9(11(13)14)10(8)12(7)2/h3-6H,1-2H3,(H,13,14). The molecule has 0 aliphatic carbocycles. The first-order chi connectivity index (χ1) is 6.61. The van der Waals surface area contributed by atoms with Crippen LogP contribution in [0.3, 0.4) is 0 Å². The van der Waals surface area contributed by atoms with E-state index in [-0.39, 0.29) is 0 Å². The number of aryl methyl sites for hydroxylation is 2. The maximum absolute atomic E-state index is 11.0. The summed E-state index contributed by atoms with van der Waals surface area (Å²) >= 11 is 0. The molecule has 14 heavy (non-hydrogen) atoms. The van der Waals surface area contributed by atoms with Gasteiger partial charge in [-0.2, -0.15) is 0 Å². The van der Waals surface area contributed by atoms with E-state index in [1.54, 1.807) is 12.1 Å². The minimum Gasteiger partial charge on any atom is -0.478 e. The number of nitrogens with zero attached hydrogens (tertiary/aromatic N) is 1. The van der Waals surface area contributed by atoms with E-state index in [9.17, 15) is 4.79 Å². The van der Waals surface area contributed by atoms with Crippen LogP contribution in [0, 0.1) is 6.92 Å². The number of benzene rings is 1. The molecule has 0 saturated carbocycles. The fourth-order valence-corrected chi connectivity index (χ4v) is 1.72. The number of rotatable bonds is 1. The molecule has 0 saturated heterocycles. The van der Waals surface area contributed by atoms with Crippen LogP contribution < -0.4 is 0 Å². The van der Waals surface area contributed by atoms with Gasteiger partial charge < -0.3 is 9.67 Å². The summed E-state index contributed by atoms with van der Waals surface area (Å²) < 4.78 is 1.90. The first-order valence-corrected chi connectivity index (χ1v) is 4.39. The van der Waals surface area contributed by atoms with Gasteiger partial charge in [0.2, 0.25) is 0 Å². The van der Waals surface area contributed by atoms with Crippen molar-refractivity contribution in [1.29, 1.82) is 0 Å². The van der Waals surface area contributed by atoms with Crippen LogP contribution in [-0.2, 0) is 7.05 Å². The van der Waals surface area contributed by atoms with Gasteiger partial charge in [-0.25, -0.2) is 4.79 Å². The average molecular weight is 189 g/mol. The summed E-state index contributed by atoms with van der Waals surface area (Å²) in [7, 11) is 1.88. The van der Waals surface area contributed by atoms with Gasteiger partial charge in [-0.3, -0.25) is 0 Å². The zero-order chi connectivity index (χ0) is 10.3. The molecule has 0 aliphatic rings. The van der Waals surface area contributed by atoms with Crippen molar-refractivity contribution < 1.29 is 9.90 Å². The summed E-state index contributed by atoms with van der Waals surface area (Å²) in [5.41, 5.74) is 2.21. The zero-order valence-electron chi connectivity index (χ0n) is 8.11. The number of para-hydroxylation sites is 1. The van der Waals surface area contributed by atoms with E-state index in [1.165, 1.54) is 0 Å². The molecule has 0 bridgehead atoms. The predicted octanol–water partition coefficient (Wildman–Crippen LogP) is 2.18. The topological polar surface area (TPSA) is 42.2 Å². The lowest BCUT2D eigenvalue weighted by molar-refractivity contribution is 0.0698. The van der Waals surface area contributed by atoms with Gasteiger partial charge >= 0.3 is 5.97 Å². The van der Waals surface area contributed by atoms with Crippen LogP contribution in [-0.4, -0.2) is 15.6 Å². The van der Waals surface area contributed by atoms with E-state index < -0.39 is 5.97 Å². The van der Waals surface area contributed by atoms with Crippen molar-refractivity contribution in [2.24, 2.45) is 7.05 Å². The Kier molecular flexibility index (Phi) is 1.81. The van der Waals surface area contributed by atoms with Crippen LogP contribution >= 0.6 is 0 Å². The van der Waals surface area contributed by atoms with Gasteiger partial charge in [0, 0.05) is 18.1 Å². The van der Waals surface area contributed by atoms with Gasteiger partial charge in [0.25, 0.3) is 0 Å². The molecule has 2 aromatic rings. The number of aromatic carboxylic acids is 1. The van der Waals surface area contributed by atoms with E-state index in [2.05, 4.69) is 0 Å². The van der Waals surface area contributed by atoms with Crippen molar-refractivity contribution in [1.82, 2.24) is 4.57 Å². The summed E-state index contributed by atoms with van der Waals surface area (Å²) in [4.78, 5) is 11.0. The Morgan fingerprint density at radius 2 is 2.14 bits per heavy atom. The minimum absolute atomic E-state index is 0.359. The lowest BCUT2D eigenvalue weighted by Gasteiger charge is -2.02. The lowest BCUT2D eigenvalue weighted by atomic mass is 10.1. The highest BCUT2D eigenvalue weighted by molar-refractivity contribution is 6.02. The predicted molar refractivity (Wildman–Crippen MR) is 54.6 cm³/mol. The van der Waals surface area contributed by atoms with E-state index in [1.807, 2.05) is 30.7 Å². The number of carboxylic acids is 1. The summed E-state index contributed by atoms with van der Waals surface area (Å²) in [5.74, 6) is -0.878. The van der Waals surface area contributed by atoms with Crippen molar-refractivity contribution in [2.45, 2.75) is 6.92 Å². The van der Waals surface area contributed by atoms with Crippen molar-refractivity contribution in [2.75, 3.05) is 0 Å². The smallest absolute Gasteiger partial charge is 0.337 e. The SMILES string of the molecule is Cc1cc2cccc(C(=O)O)c2n1C. The molecule has 1 aromatic heterocycles. The van der Waals surface area contributed by atoms with Crippen molar-refractivity contribution in [3.05, 3.63) is 35.5 Å². The molecular formula is C11H11NO2. The molecule has 1 N–H and O–H groups in total. The molecule has 0 fully saturated rings. The molecule has 3 heteroatoms. The maximum atomic E-state index is 11.0. The molecule has 0 amide bonds. The van der Waals surface area contributed by atoms with E-state index in [0.717, 1.165) is 16.6 Å². The molecule has 1 heterocycles. The molecule has 0 atom stereocenters. The number of carbonyl (C=O) groups is 1. The maximum Gasteiger partial charge on any atom is 0.337 e. The highest BCUT2D eigenvalue weighted by Crippen LogP contribution is 2.21. The number of hydrogen-bond donors (Lipinski definition) is 1. The highest BCUT2D eigenvalue weighted by Gasteiger charge is 2.11. The van der Waals surface area contributed by atoms with Gasteiger partial charge in [-0.15, -0.1) is 0 Å². The van der Waals surface area contributed by atoms with Crippen LogP contribution in [0.1, 0.15) is 16.1 Å². The Morgan fingerprint density at radius 3 is 2.79 bits per heavy atom. The lowest BCUT2D eigenvalue weighted by Crippen LogP contribution is -2.00. The van der Waals surface area contributed by atoms with E-state index in [4.69, 9.17) is 5.11 Å². The van der Waals surface area contributed by atoms with Crippen LogP contribution in [0.2, 0.25) is 0 Å². The van der Waals surface area contributed by atoms with Gasteiger partial charge in [0.15, 0.2) is 0 Å². The monoisotopic (exact) mass is 189 g/mol.